The van der Waals surface area contributed by atoms with E-state index in [2.05, 4.69) is 9.88 Å². The zero-order chi connectivity index (χ0) is 28.3. The predicted molar refractivity (Wildman–Crippen MR) is 141 cm³/mol. The first-order valence-electron chi connectivity index (χ1n) is 13.1. The zero-order valence-electron chi connectivity index (χ0n) is 22.1. The van der Waals surface area contributed by atoms with Crippen molar-refractivity contribution >= 4 is 16.7 Å². The lowest BCUT2D eigenvalue weighted by molar-refractivity contribution is -0.137. The fourth-order valence-corrected chi connectivity index (χ4v) is 5.10. The number of halogens is 3. The number of nitrogens with zero attached hydrogens (tertiary/aromatic N) is 5. The Hall–Kier alpha value is -3.66. The summed E-state index contributed by atoms with van der Waals surface area (Å²) in [6.07, 6.45) is -5.05. The van der Waals surface area contributed by atoms with Gasteiger partial charge in [-0.2, -0.15) is 18.4 Å². The van der Waals surface area contributed by atoms with Gasteiger partial charge in [-0.15, -0.1) is 0 Å². The molecule has 0 amide bonds. The van der Waals surface area contributed by atoms with E-state index in [1.165, 1.54) is 22.8 Å². The summed E-state index contributed by atoms with van der Waals surface area (Å²) >= 11 is 0. The minimum absolute atomic E-state index is 0.120. The Kier molecular flexibility index (Phi) is 8.25. The second kappa shape index (κ2) is 11.8. The summed E-state index contributed by atoms with van der Waals surface area (Å²) in [5.74, 6) is 0.120. The van der Waals surface area contributed by atoms with E-state index in [-0.39, 0.29) is 17.0 Å². The van der Waals surface area contributed by atoms with E-state index in [9.17, 15) is 23.2 Å². The van der Waals surface area contributed by atoms with Gasteiger partial charge < -0.3 is 23.7 Å². The Bertz CT molecular complexity index is 1450. The van der Waals surface area contributed by atoms with Gasteiger partial charge in [0.1, 0.15) is 35.2 Å². The first-order valence-corrected chi connectivity index (χ1v) is 13.1. The maximum atomic E-state index is 13.3. The van der Waals surface area contributed by atoms with Crippen LogP contribution in [0, 0.1) is 11.3 Å². The Balaban J connectivity index is 1.40. The average molecular weight is 558 g/mol. The van der Waals surface area contributed by atoms with Crippen LogP contribution in [-0.2, 0) is 22.7 Å². The van der Waals surface area contributed by atoms with Crippen LogP contribution >= 0.6 is 0 Å². The fraction of sp³-hybridized carbons (Fsp3) is 0.464. The van der Waals surface area contributed by atoms with E-state index >= 15 is 0 Å². The number of anilines is 1. The molecule has 0 aliphatic carbocycles. The molecule has 12 heteroatoms. The molecule has 0 spiro atoms. The molecule has 212 valence electrons. The highest BCUT2D eigenvalue weighted by Crippen LogP contribution is 2.33. The highest BCUT2D eigenvalue weighted by molar-refractivity contribution is 5.88. The van der Waals surface area contributed by atoms with Gasteiger partial charge in [0.05, 0.1) is 36.6 Å². The van der Waals surface area contributed by atoms with Crippen LogP contribution in [0.25, 0.3) is 11.0 Å². The summed E-state index contributed by atoms with van der Waals surface area (Å²) in [4.78, 5) is 21.5. The van der Waals surface area contributed by atoms with Gasteiger partial charge in [-0.25, -0.2) is 4.98 Å². The monoisotopic (exact) mass is 557 g/mol. The van der Waals surface area contributed by atoms with Crippen molar-refractivity contribution in [3.63, 3.8) is 0 Å². The number of hydrogen-bond acceptors (Lipinski definition) is 8. The van der Waals surface area contributed by atoms with Crippen molar-refractivity contribution in [2.24, 2.45) is 7.05 Å². The minimum atomic E-state index is -4.48. The molecule has 2 aromatic heterocycles. The number of morpholine rings is 1. The van der Waals surface area contributed by atoms with Crippen LogP contribution in [0.1, 0.15) is 17.7 Å². The number of nitriles is 1. The van der Waals surface area contributed by atoms with Crippen LogP contribution in [0.2, 0.25) is 0 Å². The molecular formula is C28H30F3N5O4. The number of fused-ring (bicyclic) bond motifs is 1. The number of aryl methyl sites for hydroxylation is 1. The number of benzene rings is 1. The second-order valence-electron chi connectivity index (χ2n) is 9.88. The van der Waals surface area contributed by atoms with Crippen LogP contribution in [-0.4, -0.2) is 79.2 Å². The second-order valence-corrected chi connectivity index (χ2v) is 9.88. The van der Waals surface area contributed by atoms with Gasteiger partial charge in [-0.3, -0.25) is 9.69 Å². The summed E-state index contributed by atoms with van der Waals surface area (Å²) in [5.41, 5.74) is 0.918. The minimum Gasteiger partial charge on any atom is -0.488 e. The number of piperidine rings is 1. The fourth-order valence-electron chi connectivity index (χ4n) is 5.10. The molecule has 0 N–H and O–H groups in total. The Morgan fingerprint density at radius 3 is 2.67 bits per heavy atom. The maximum absolute atomic E-state index is 13.3. The lowest BCUT2D eigenvalue weighted by atomic mass is 10.0. The highest BCUT2D eigenvalue weighted by Gasteiger charge is 2.35. The van der Waals surface area contributed by atoms with E-state index in [4.69, 9.17) is 14.2 Å². The molecule has 3 aromatic rings. The molecule has 9 nitrogen and oxygen atoms in total. The lowest BCUT2D eigenvalue weighted by Crippen LogP contribution is -2.51. The molecule has 2 aliphatic rings. The summed E-state index contributed by atoms with van der Waals surface area (Å²) < 4.78 is 59.2. The molecule has 0 radical (unpaired) electrons. The molecule has 0 saturated carbocycles. The first-order chi connectivity index (χ1) is 19.2. The topological polar surface area (TPSA) is 92.8 Å². The Labute approximate surface area is 229 Å². The van der Waals surface area contributed by atoms with E-state index in [0.29, 0.717) is 62.6 Å². The molecule has 1 aromatic carbocycles. The molecule has 0 unspecified atom stereocenters. The average Bonchev–Trinajstić information content (AvgIpc) is 2.96. The van der Waals surface area contributed by atoms with Gasteiger partial charge in [0.15, 0.2) is 0 Å². The van der Waals surface area contributed by atoms with Gasteiger partial charge in [0.25, 0.3) is 5.56 Å². The summed E-state index contributed by atoms with van der Waals surface area (Å²) in [6.45, 7) is 4.78. The largest absolute Gasteiger partial charge is 0.488 e. The quantitative estimate of drug-likeness (QED) is 0.438. The first kappa shape index (κ1) is 27.9. The molecular weight excluding hydrogens is 527 g/mol. The van der Waals surface area contributed by atoms with Crippen LogP contribution in [0.4, 0.5) is 18.9 Å². The number of hydrogen-bond donors (Lipinski definition) is 0. The van der Waals surface area contributed by atoms with Crippen molar-refractivity contribution in [1.82, 2.24) is 14.5 Å². The standard InChI is InChI=1S/C28H30F3N5O4/c1-34-22-6-5-20(17-32)33-27(22)23(16-26(34)37)36-8-7-24(40-21-4-2-3-19(15-21)28(29,30)31)25(18-36)39-14-11-35-9-12-38-13-10-35/h2-6,15-16,24-25H,7-14,18H2,1H3/t24-,25+/m0/s1. The number of rotatable bonds is 7. The summed E-state index contributed by atoms with van der Waals surface area (Å²) in [5, 5.41) is 9.40. The van der Waals surface area contributed by atoms with Gasteiger partial charge in [-0.05, 0) is 30.3 Å². The predicted octanol–water partition coefficient (Wildman–Crippen LogP) is 3.20. The molecule has 2 saturated heterocycles. The third-order valence-electron chi connectivity index (χ3n) is 7.31. The van der Waals surface area contributed by atoms with Gasteiger partial charge in [0.2, 0.25) is 0 Å². The van der Waals surface area contributed by atoms with Crippen LogP contribution in [0.3, 0.4) is 0 Å². The molecule has 2 atom stereocenters. The van der Waals surface area contributed by atoms with Crippen LogP contribution in [0.15, 0.2) is 47.3 Å². The van der Waals surface area contributed by atoms with Crippen molar-refractivity contribution in [2.75, 3.05) is 57.4 Å². The lowest BCUT2D eigenvalue weighted by Gasteiger charge is -2.40. The zero-order valence-corrected chi connectivity index (χ0v) is 22.1. The van der Waals surface area contributed by atoms with Gasteiger partial charge >= 0.3 is 6.18 Å². The van der Waals surface area contributed by atoms with Gasteiger partial charge in [-0.1, -0.05) is 6.07 Å². The summed E-state index contributed by atoms with van der Waals surface area (Å²) in [6, 6.07) is 11.6. The van der Waals surface area contributed by atoms with Crippen molar-refractivity contribution < 1.29 is 27.4 Å². The third kappa shape index (κ3) is 6.22. The molecule has 2 aliphatic heterocycles. The van der Waals surface area contributed by atoms with E-state index in [1.807, 2.05) is 11.0 Å². The highest BCUT2D eigenvalue weighted by atomic mass is 19.4. The Morgan fingerprint density at radius 2 is 1.93 bits per heavy atom. The number of alkyl halides is 3. The van der Waals surface area contributed by atoms with Crippen molar-refractivity contribution in [1.29, 1.82) is 5.26 Å². The SMILES string of the molecule is Cn1c(=O)cc(N2CC[C@H](Oc3cccc(C(F)(F)F)c3)[C@H](OCCN3CCOCC3)C2)c2nc(C#N)ccc21. The molecule has 5 rings (SSSR count). The molecule has 40 heavy (non-hydrogen) atoms. The van der Waals surface area contributed by atoms with Crippen LogP contribution < -0.4 is 15.2 Å². The maximum Gasteiger partial charge on any atom is 0.416 e. The number of aromatic nitrogens is 2. The number of ether oxygens (including phenoxy) is 3. The van der Waals surface area contributed by atoms with Gasteiger partial charge in [0, 0.05) is 52.3 Å². The van der Waals surface area contributed by atoms with E-state index in [1.54, 1.807) is 19.2 Å². The van der Waals surface area contributed by atoms with Crippen molar-refractivity contribution in [3.05, 3.63) is 64.1 Å². The molecule has 4 heterocycles. The summed E-state index contributed by atoms with van der Waals surface area (Å²) in [7, 11) is 1.65. The molecule has 0 bridgehead atoms. The number of pyridine rings is 2. The van der Waals surface area contributed by atoms with Crippen molar-refractivity contribution in [2.45, 2.75) is 24.8 Å². The van der Waals surface area contributed by atoms with E-state index in [0.717, 1.165) is 25.2 Å². The third-order valence-corrected chi connectivity index (χ3v) is 7.31. The molecule has 2 fully saturated rings. The van der Waals surface area contributed by atoms with Crippen LogP contribution in [0.5, 0.6) is 5.75 Å². The van der Waals surface area contributed by atoms with E-state index < -0.39 is 23.9 Å². The van der Waals surface area contributed by atoms with Crippen molar-refractivity contribution in [3.8, 4) is 11.8 Å². The Morgan fingerprint density at radius 1 is 1.12 bits per heavy atom. The normalized spacial score (nSPS) is 20.4. The smallest absolute Gasteiger partial charge is 0.416 e.